The Labute approximate surface area is 603 Å². The number of fused-ring (bicyclic) bond motifs is 19. The fourth-order valence-electron chi connectivity index (χ4n) is 18.3. The summed E-state index contributed by atoms with van der Waals surface area (Å²) in [5, 5.41) is 22.1. The highest BCUT2D eigenvalue weighted by Crippen LogP contribution is 2.49. The summed E-state index contributed by atoms with van der Waals surface area (Å²) < 4.78 is 12.4. The van der Waals surface area contributed by atoms with Gasteiger partial charge in [-0.2, -0.15) is 0 Å². The van der Waals surface area contributed by atoms with Gasteiger partial charge in [-0.1, -0.05) is 243 Å². The van der Waals surface area contributed by atoms with E-state index in [0.29, 0.717) is 0 Å². The molecule has 0 aliphatic carbocycles. The SMILES string of the molecule is c1ccc(-c2c3ccccc3c(-c3ccc(-c4ccc5c(c4)c4ccccc4n5-c4cccc5c4c4ccccc4n5-c4ccc5c(c4)c4ccccc4n5-c4ccc5cc6ccccc6cc5c4)cc3)c3cc(-n4c5ccccc5c5c(-n6c7ccccc7c7ccccc76)cccc54)ccc23)cc1. The van der Waals surface area contributed by atoms with Crippen molar-refractivity contribution in [2.24, 2.45) is 0 Å². The van der Waals surface area contributed by atoms with Gasteiger partial charge in [-0.25, -0.2) is 0 Å². The summed E-state index contributed by atoms with van der Waals surface area (Å²) in [6.07, 6.45) is 0. The van der Waals surface area contributed by atoms with Crippen molar-refractivity contribution in [1.82, 2.24) is 22.8 Å². The van der Waals surface area contributed by atoms with Gasteiger partial charge in [0.05, 0.1) is 66.5 Å². The van der Waals surface area contributed by atoms with Gasteiger partial charge in [-0.05, 0) is 204 Å². The molecule has 0 aliphatic heterocycles. The van der Waals surface area contributed by atoms with Gasteiger partial charge in [-0.3, -0.25) is 0 Å². The van der Waals surface area contributed by atoms with Gasteiger partial charge in [0.2, 0.25) is 0 Å². The van der Waals surface area contributed by atoms with Crippen molar-refractivity contribution in [2.75, 3.05) is 0 Å². The molecule has 0 N–H and O–H groups in total. The summed E-state index contributed by atoms with van der Waals surface area (Å²) in [4.78, 5) is 0. The molecular formula is C100H61N5. The molecule has 0 aliphatic rings. The molecule has 0 spiro atoms. The molecule has 0 atom stereocenters. The van der Waals surface area contributed by atoms with Crippen LogP contribution in [-0.2, 0) is 0 Å². The second-order valence-electron chi connectivity index (χ2n) is 28.3. The highest BCUT2D eigenvalue weighted by Gasteiger charge is 2.25. The van der Waals surface area contributed by atoms with E-state index in [4.69, 9.17) is 0 Å². The van der Waals surface area contributed by atoms with Gasteiger partial charge in [0.1, 0.15) is 0 Å². The van der Waals surface area contributed by atoms with E-state index < -0.39 is 0 Å². The number of nitrogens with zero attached hydrogens (tertiary/aromatic N) is 5. The molecule has 0 unspecified atom stereocenters. The van der Waals surface area contributed by atoms with Crippen molar-refractivity contribution in [1.29, 1.82) is 0 Å². The minimum absolute atomic E-state index is 1.11. The maximum atomic E-state index is 2.51. The molecule has 23 aromatic rings. The third-order valence-electron chi connectivity index (χ3n) is 22.8. The van der Waals surface area contributed by atoms with Crippen LogP contribution in [0.2, 0.25) is 0 Å². The normalized spacial score (nSPS) is 12.2. The van der Waals surface area contributed by atoms with E-state index in [2.05, 4.69) is 393 Å². The lowest BCUT2D eigenvalue weighted by atomic mass is 9.85. The van der Waals surface area contributed by atoms with Crippen molar-refractivity contribution >= 4 is 152 Å². The maximum absolute atomic E-state index is 2.51. The van der Waals surface area contributed by atoms with Crippen molar-refractivity contribution in [3.63, 3.8) is 0 Å². The van der Waals surface area contributed by atoms with E-state index in [1.807, 2.05) is 0 Å². The number of rotatable bonds is 8. The smallest absolute Gasteiger partial charge is 0.0562 e. The molecule has 0 saturated carbocycles. The van der Waals surface area contributed by atoms with Crippen LogP contribution in [0.1, 0.15) is 0 Å². The van der Waals surface area contributed by atoms with Crippen LogP contribution in [0.3, 0.4) is 0 Å². The average Bonchev–Trinajstić information content (AvgIpc) is 1.65. The van der Waals surface area contributed by atoms with Crippen LogP contribution < -0.4 is 0 Å². The first kappa shape index (κ1) is 57.7. The zero-order valence-electron chi connectivity index (χ0n) is 57.0. The number of para-hydroxylation sites is 6. The third-order valence-corrected chi connectivity index (χ3v) is 22.8. The van der Waals surface area contributed by atoms with Crippen molar-refractivity contribution in [3.05, 3.63) is 370 Å². The third kappa shape index (κ3) is 8.40. The minimum atomic E-state index is 1.11. The van der Waals surface area contributed by atoms with Gasteiger partial charge in [0, 0.05) is 70.9 Å². The summed E-state index contributed by atoms with van der Waals surface area (Å²) in [6.45, 7) is 0. The molecular weight excluding hydrogens is 1270 g/mol. The van der Waals surface area contributed by atoms with Crippen LogP contribution in [0.25, 0.3) is 214 Å². The van der Waals surface area contributed by atoms with Crippen LogP contribution in [0.15, 0.2) is 370 Å². The van der Waals surface area contributed by atoms with Crippen molar-refractivity contribution in [2.45, 2.75) is 0 Å². The van der Waals surface area contributed by atoms with Crippen LogP contribution in [0.5, 0.6) is 0 Å². The molecule has 105 heavy (non-hydrogen) atoms. The molecule has 5 heteroatoms. The van der Waals surface area contributed by atoms with Gasteiger partial charge < -0.3 is 22.8 Å². The topological polar surface area (TPSA) is 24.6 Å². The molecule has 486 valence electrons. The second-order valence-corrected chi connectivity index (χ2v) is 28.3. The Morgan fingerprint density at radius 3 is 1.05 bits per heavy atom. The fourth-order valence-corrected chi connectivity index (χ4v) is 18.3. The van der Waals surface area contributed by atoms with Crippen LogP contribution >= 0.6 is 0 Å². The van der Waals surface area contributed by atoms with Gasteiger partial charge in [0.15, 0.2) is 0 Å². The fraction of sp³-hybridized carbons (Fsp3) is 0. The van der Waals surface area contributed by atoms with E-state index in [1.165, 1.54) is 164 Å². The molecule has 5 heterocycles. The zero-order valence-corrected chi connectivity index (χ0v) is 57.0. The lowest BCUT2D eigenvalue weighted by Crippen LogP contribution is -1.97. The van der Waals surface area contributed by atoms with Gasteiger partial charge in [-0.15, -0.1) is 0 Å². The van der Waals surface area contributed by atoms with Gasteiger partial charge >= 0.3 is 0 Å². The van der Waals surface area contributed by atoms with E-state index in [1.54, 1.807) is 0 Å². The van der Waals surface area contributed by atoms with Crippen molar-refractivity contribution in [3.8, 4) is 61.8 Å². The largest absolute Gasteiger partial charge is 0.309 e. The molecule has 18 aromatic carbocycles. The molecule has 5 nitrogen and oxygen atoms in total. The summed E-state index contributed by atoms with van der Waals surface area (Å²) >= 11 is 0. The standard InChI is InChI=1S/C100H61N5/c1-2-22-63(23-3-1)97-77-30-6-7-31-78(77)98(84-61-71(51-53-79(84)97)102-89-38-18-12-32-80(89)99-93(102)40-20-42-95(99)104-86-35-15-8-26-73(86)74-27-9-16-36-87(74)104)64-46-44-62(45-47-64)68-49-54-92-82(59-68)75-28-11-17-37-88(75)105(92)96-43-21-41-94-100(96)81-33-13-19-39-90(81)103(94)72-52-55-91-83(60-72)76-29-10-14-34-85(76)101(91)70-50-48-67-56-65-24-4-5-25-66(65)57-69(67)58-70/h1-61H. The summed E-state index contributed by atoms with van der Waals surface area (Å²) in [7, 11) is 0. The first-order valence-corrected chi connectivity index (χ1v) is 36.3. The Kier molecular flexibility index (Phi) is 12.2. The number of hydrogen-bond acceptors (Lipinski definition) is 0. The van der Waals surface area contributed by atoms with Crippen molar-refractivity contribution < 1.29 is 0 Å². The predicted octanol–water partition coefficient (Wildman–Crippen LogP) is 26.8. The van der Waals surface area contributed by atoms with Gasteiger partial charge in [0.25, 0.3) is 0 Å². The quantitative estimate of drug-likeness (QED) is 0.136. The van der Waals surface area contributed by atoms with E-state index in [0.717, 1.165) is 50.4 Å². The zero-order chi connectivity index (χ0) is 68.5. The Morgan fingerprint density at radius 1 is 0.143 bits per heavy atom. The average molecular weight is 1330 g/mol. The molecule has 5 aromatic heterocycles. The number of hydrogen-bond donors (Lipinski definition) is 0. The minimum Gasteiger partial charge on any atom is -0.309 e. The summed E-state index contributed by atoms with van der Waals surface area (Å²) in [5.41, 5.74) is 24.6. The van der Waals surface area contributed by atoms with Crippen LogP contribution in [0.4, 0.5) is 0 Å². The van der Waals surface area contributed by atoms with E-state index in [9.17, 15) is 0 Å². The Balaban J connectivity index is 0.657. The Morgan fingerprint density at radius 2 is 0.476 bits per heavy atom. The molecule has 0 saturated heterocycles. The second kappa shape index (κ2) is 22.2. The molecule has 0 radical (unpaired) electrons. The first-order valence-electron chi connectivity index (χ1n) is 36.3. The Hall–Kier alpha value is -14.0. The van der Waals surface area contributed by atoms with E-state index in [-0.39, 0.29) is 0 Å². The van der Waals surface area contributed by atoms with E-state index >= 15 is 0 Å². The first-order chi connectivity index (χ1) is 52.1. The lowest BCUT2D eigenvalue weighted by molar-refractivity contribution is 1.16. The molecule has 0 bridgehead atoms. The highest BCUT2D eigenvalue weighted by atomic mass is 15.0. The molecule has 23 rings (SSSR count). The summed E-state index contributed by atoms with van der Waals surface area (Å²) in [5.74, 6) is 0. The van der Waals surface area contributed by atoms with Crippen LogP contribution in [0, 0.1) is 0 Å². The highest BCUT2D eigenvalue weighted by molar-refractivity contribution is 6.24. The molecule has 0 fully saturated rings. The summed E-state index contributed by atoms with van der Waals surface area (Å²) in [6, 6.07) is 138. The van der Waals surface area contributed by atoms with Crippen LogP contribution in [-0.4, -0.2) is 22.8 Å². The maximum Gasteiger partial charge on any atom is 0.0562 e. The number of benzene rings is 18. The lowest BCUT2D eigenvalue weighted by Gasteiger charge is -2.19. The Bertz CT molecular complexity index is 7590. The predicted molar refractivity (Wildman–Crippen MR) is 444 cm³/mol. The monoisotopic (exact) mass is 1330 g/mol. The number of aromatic nitrogens is 5. The molecule has 0 amide bonds.